The number of aliphatic carboxylic acids is 1. The zero-order valence-electron chi connectivity index (χ0n) is 23.1. The molecule has 1 aromatic carbocycles. The lowest BCUT2D eigenvalue weighted by molar-refractivity contribution is -0.287. The molecule has 2 heterocycles. The third kappa shape index (κ3) is 7.49. The van der Waals surface area contributed by atoms with Crippen molar-refractivity contribution >= 4 is 36.5 Å². The van der Waals surface area contributed by atoms with Gasteiger partial charge >= 0.3 is 31.0 Å². The summed E-state index contributed by atoms with van der Waals surface area (Å²) in [6.07, 6.45) is -5.63. The van der Waals surface area contributed by atoms with Gasteiger partial charge in [0.05, 0.1) is 17.6 Å². The van der Waals surface area contributed by atoms with Crippen LogP contribution in [0.15, 0.2) is 24.3 Å². The molecule has 214 valence electrons. The van der Waals surface area contributed by atoms with Crippen LogP contribution in [0.25, 0.3) is 0 Å². The molecule has 2 aliphatic rings. The Morgan fingerprint density at radius 3 is 1.85 bits per heavy atom. The third-order valence-electron chi connectivity index (χ3n) is 6.92. The van der Waals surface area contributed by atoms with Crippen molar-refractivity contribution in [1.82, 2.24) is 0 Å². The van der Waals surface area contributed by atoms with E-state index >= 15 is 0 Å². The summed E-state index contributed by atoms with van der Waals surface area (Å²) in [5.74, 6) is -4.01. The number of rotatable bonds is 9. The number of carbonyl (C=O) groups is 4. The molecule has 0 bridgehead atoms. The first-order valence-corrected chi connectivity index (χ1v) is 12.6. The summed E-state index contributed by atoms with van der Waals surface area (Å²) in [6.45, 7) is 11.0. The standard InChI is InChI=1S/C26H35BO12/c1-14(28)34-22-19(12-21(31)32)20(37-24(36-16(3)30)23(22)35-15(2)29)13-33-18-10-8-17(9-11-18)27-38-25(4,5)26(6,7)39-27/h8-11,19-20,22-24H,12-13H2,1-7H3,(H,31,32)/t19?,20-,22?,23?,24?/m0/s1. The number of hydrogen-bond donors (Lipinski definition) is 1. The first-order chi connectivity index (χ1) is 18.1. The Morgan fingerprint density at radius 1 is 0.846 bits per heavy atom. The molecule has 12 nitrogen and oxygen atoms in total. The number of esters is 3. The maximum Gasteiger partial charge on any atom is 0.494 e. The van der Waals surface area contributed by atoms with Gasteiger partial charge in [0, 0.05) is 26.7 Å². The second-order valence-corrected chi connectivity index (χ2v) is 10.5. The molecular formula is C26H35BO12. The van der Waals surface area contributed by atoms with Gasteiger partial charge in [-0.3, -0.25) is 19.2 Å². The Bertz CT molecular complexity index is 1050. The van der Waals surface area contributed by atoms with Crippen LogP contribution in [-0.4, -0.2) is 78.5 Å². The molecule has 0 aliphatic carbocycles. The monoisotopic (exact) mass is 550 g/mol. The van der Waals surface area contributed by atoms with Crippen LogP contribution in [0.1, 0.15) is 54.9 Å². The second-order valence-electron chi connectivity index (χ2n) is 10.5. The first kappa shape index (κ1) is 30.4. The fourth-order valence-electron chi connectivity index (χ4n) is 4.37. The zero-order valence-corrected chi connectivity index (χ0v) is 23.1. The fraction of sp³-hybridized carbons (Fsp3) is 0.615. The largest absolute Gasteiger partial charge is 0.494 e. The number of carboxylic acids is 1. The van der Waals surface area contributed by atoms with Crippen molar-refractivity contribution in [2.45, 2.75) is 90.7 Å². The van der Waals surface area contributed by atoms with Gasteiger partial charge in [0.1, 0.15) is 18.5 Å². The summed E-state index contributed by atoms with van der Waals surface area (Å²) in [7, 11) is -0.558. The summed E-state index contributed by atoms with van der Waals surface area (Å²) in [5, 5.41) is 9.55. The van der Waals surface area contributed by atoms with Crippen molar-refractivity contribution in [2.24, 2.45) is 5.92 Å². The lowest BCUT2D eigenvalue weighted by atomic mass is 9.79. The summed E-state index contributed by atoms with van der Waals surface area (Å²) in [6, 6.07) is 6.97. The van der Waals surface area contributed by atoms with Crippen LogP contribution in [0.3, 0.4) is 0 Å². The minimum absolute atomic E-state index is 0.184. The lowest BCUT2D eigenvalue weighted by Crippen LogP contribution is -2.60. The number of carboxylic acid groups (broad SMARTS) is 1. The second kappa shape index (κ2) is 11.9. The van der Waals surface area contributed by atoms with E-state index in [0.29, 0.717) is 5.75 Å². The molecule has 0 spiro atoms. The van der Waals surface area contributed by atoms with E-state index in [0.717, 1.165) is 26.2 Å². The minimum atomic E-state index is -1.46. The average molecular weight is 550 g/mol. The average Bonchev–Trinajstić information content (AvgIpc) is 3.02. The highest BCUT2D eigenvalue weighted by Gasteiger charge is 2.53. The van der Waals surface area contributed by atoms with E-state index in [1.54, 1.807) is 24.3 Å². The number of benzene rings is 1. The van der Waals surface area contributed by atoms with Crippen LogP contribution >= 0.6 is 0 Å². The molecule has 1 N–H and O–H groups in total. The van der Waals surface area contributed by atoms with Crippen LogP contribution in [0.2, 0.25) is 0 Å². The predicted molar refractivity (Wildman–Crippen MR) is 135 cm³/mol. The predicted octanol–water partition coefficient (Wildman–Crippen LogP) is 1.61. The molecule has 4 unspecified atom stereocenters. The van der Waals surface area contributed by atoms with Crippen LogP contribution in [0, 0.1) is 5.92 Å². The third-order valence-corrected chi connectivity index (χ3v) is 6.92. The Kier molecular flexibility index (Phi) is 9.29. The molecule has 3 rings (SSSR count). The quantitative estimate of drug-likeness (QED) is 0.270. The Labute approximate surface area is 227 Å². The highest BCUT2D eigenvalue weighted by molar-refractivity contribution is 6.62. The van der Waals surface area contributed by atoms with Gasteiger partial charge in [-0.05, 0) is 45.3 Å². The van der Waals surface area contributed by atoms with Gasteiger partial charge in [-0.25, -0.2) is 0 Å². The molecular weight excluding hydrogens is 515 g/mol. The fourth-order valence-corrected chi connectivity index (χ4v) is 4.37. The van der Waals surface area contributed by atoms with E-state index in [-0.39, 0.29) is 6.61 Å². The Hall–Kier alpha value is -3.16. The summed E-state index contributed by atoms with van der Waals surface area (Å²) in [5.41, 5.74) is -0.205. The van der Waals surface area contributed by atoms with E-state index in [1.807, 2.05) is 27.7 Å². The number of hydrogen-bond acceptors (Lipinski definition) is 11. The molecule has 0 amide bonds. The Morgan fingerprint density at radius 2 is 1.36 bits per heavy atom. The van der Waals surface area contributed by atoms with Gasteiger partial charge in [-0.1, -0.05) is 12.1 Å². The van der Waals surface area contributed by atoms with Gasteiger partial charge in [0.15, 0.2) is 6.10 Å². The van der Waals surface area contributed by atoms with Gasteiger partial charge in [-0.15, -0.1) is 0 Å². The highest BCUT2D eigenvalue weighted by atomic mass is 16.7. The van der Waals surface area contributed by atoms with Crippen molar-refractivity contribution < 1.29 is 57.3 Å². The van der Waals surface area contributed by atoms with Crippen molar-refractivity contribution in [2.75, 3.05) is 6.61 Å². The van der Waals surface area contributed by atoms with E-state index in [4.69, 9.17) is 33.0 Å². The van der Waals surface area contributed by atoms with Gasteiger partial charge in [0.25, 0.3) is 0 Å². The van der Waals surface area contributed by atoms with E-state index < -0.39 is 79.1 Å². The smallest absolute Gasteiger partial charge is 0.491 e. The van der Waals surface area contributed by atoms with Crippen LogP contribution in [0.5, 0.6) is 5.75 Å². The van der Waals surface area contributed by atoms with Crippen molar-refractivity contribution in [3.8, 4) is 5.75 Å². The maximum atomic E-state index is 11.9. The number of ether oxygens (including phenoxy) is 5. The van der Waals surface area contributed by atoms with E-state index in [1.165, 1.54) is 0 Å². The summed E-state index contributed by atoms with van der Waals surface area (Å²) in [4.78, 5) is 47.1. The van der Waals surface area contributed by atoms with Gasteiger partial charge in [0.2, 0.25) is 12.4 Å². The molecule has 13 heteroatoms. The number of carbonyl (C=O) groups excluding carboxylic acids is 3. The summed E-state index contributed by atoms with van der Waals surface area (Å²) >= 11 is 0. The highest BCUT2D eigenvalue weighted by Crippen LogP contribution is 2.37. The maximum absolute atomic E-state index is 11.9. The van der Waals surface area contributed by atoms with Gasteiger partial charge in [-0.2, -0.15) is 0 Å². The first-order valence-electron chi connectivity index (χ1n) is 12.6. The normalized spacial score (nSPS) is 27.4. The Balaban J connectivity index is 1.80. The van der Waals surface area contributed by atoms with Crippen LogP contribution in [-0.2, 0) is 47.4 Å². The molecule has 0 radical (unpaired) electrons. The molecule has 2 fully saturated rings. The molecule has 1 aromatic rings. The molecule has 0 aromatic heterocycles. The molecule has 5 atom stereocenters. The van der Waals surface area contributed by atoms with Crippen molar-refractivity contribution in [3.05, 3.63) is 24.3 Å². The minimum Gasteiger partial charge on any atom is -0.491 e. The zero-order chi connectivity index (χ0) is 29.1. The van der Waals surface area contributed by atoms with E-state index in [2.05, 4.69) is 0 Å². The van der Waals surface area contributed by atoms with Gasteiger partial charge < -0.3 is 38.1 Å². The van der Waals surface area contributed by atoms with Crippen LogP contribution < -0.4 is 10.2 Å². The molecule has 0 saturated carbocycles. The lowest BCUT2D eigenvalue weighted by Gasteiger charge is -2.44. The topological polar surface area (TPSA) is 153 Å². The van der Waals surface area contributed by atoms with Crippen molar-refractivity contribution in [1.29, 1.82) is 0 Å². The van der Waals surface area contributed by atoms with E-state index in [9.17, 15) is 24.3 Å². The SMILES string of the molecule is CC(=O)OC1O[C@@H](COc2ccc(B3OC(C)(C)C(C)(C)O3)cc2)C(CC(=O)O)C(OC(C)=O)C1OC(C)=O. The summed E-state index contributed by atoms with van der Waals surface area (Å²) < 4.78 is 39.7. The molecule has 2 aliphatic heterocycles. The molecule has 39 heavy (non-hydrogen) atoms. The van der Waals surface area contributed by atoms with Crippen molar-refractivity contribution in [3.63, 3.8) is 0 Å². The molecule has 2 saturated heterocycles. The van der Waals surface area contributed by atoms with Crippen LogP contribution in [0.4, 0.5) is 0 Å².